The van der Waals surface area contributed by atoms with Gasteiger partial charge in [-0.15, -0.1) is 0 Å². The number of methoxy groups -OCH3 is 1. The second-order valence-electron chi connectivity index (χ2n) is 7.70. The van der Waals surface area contributed by atoms with E-state index in [2.05, 4.69) is 9.50 Å². The average Bonchev–Trinajstić information content (AvgIpc) is 2.86. The van der Waals surface area contributed by atoms with Crippen molar-refractivity contribution in [2.24, 2.45) is 0 Å². The normalized spacial score (nSPS) is 11.6. The largest absolute Gasteiger partial charge is 0.523 e. The maximum atomic E-state index is 14.4. The molecule has 0 aliphatic carbocycles. The third kappa shape index (κ3) is 7.35. The number of hydrogen-bond donors (Lipinski definition) is 1. The fraction of sp³-hybridized carbons (Fsp3) is 0.240. The van der Waals surface area contributed by atoms with Crippen molar-refractivity contribution < 1.29 is 49.2 Å². The summed E-state index contributed by atoms with van der Waals surface area (Å²) >= 11 is 0. The minimum absolute atomic E-state index is 0.00138. The first-order valence-electron chi connectivity index (χ1n) is 11.0. The van der Waals surface area contributed by atoms with Gasteiger partial charge < -0.3 is 19.5 Å². The molecule has 0 bridgehead atoms. The molecule has 0 aliphatic rings. The lowest BCUT2D eigenvalue weighted by atomic mass is 10.1. The van der Waals surface area contributed by atoms with Gasteiger partial charge in [0.2, 0.25) is 0 Å². The second kappa shape index (κ2) is 12.1. The molecule has 0 saturated carbocycles. The van der Waals surface area contributed by atoms with Crippen molar-refractivity contribution in [2.45, 2.75) is 19.0 Å². The molecule has 0 unspecified atom stereocenters. The highest BCUT2D eigenvalue weighted by Gasteiger charge is 2.47. The van der Waals surface area contributed by atoms with E-state index in [0.29, 0.717) is 17.1 Å². The topological polar surface area (TPSA) is 100 Å². The van der Waals surface area contributed by atoms with Gasteiger partial charge in [-0.05, 0) is 43.3 Å². The van der Waals surface area contributed by atoms with Crippen LogP contribution in [0.2, 0.25) is 0 Å². The van der Waals surface area contributed by atoms with Crippen molar-refractivity contribution in [3.63, 3.8) is 0 Å². The quantitative estimate of drug-likeness (QED) is 0.0998. The molecule has 204 valence electrons. The Morgan fingerprint density at radius 1 is 0.974 bits per heavy atom. The Hall–Kier alpha value is -3.84. The van der Waals surface area contributed by atoms with Gasteiger partial charge in [-0.25, -0.2) is 4.39 Å². The zero-order valence-corrected chi connectivity index (χ0v) is 21.0. The summed E-state index contributed by atoms with van der Waals surface area (Å²) in [7, 11) is -4.34. The number of carbonyl (C=O) groups excluding carboxylic acids is 1. The highest BCUT2D eigenvalue weighted by molar-refractivity contribution is 7.87. The summed E-state index contributed by atoms with van der Waals surface area (Å²) in [5.41, 5.74) is -4.98. The molecule has 13 heteroatoms. The minimum atomic E-state index is -5.75. The summed E-state index contributed by atoms with van der Waals surface area (Å²) in [6, 6.07) is 15.3. The summed E-state index contributed by atoms with van der Waals surface area (Å²) in [4.78, 5) is 12.2. The Labute approximate surface area is 216 Å². The van der Waals surface area contributed by atoms with Crippen LogP contribution in [0.3, 0.4) is 0 Å². The number of hydrogen-bond acceptors (Lipinski definition) is 8. The van der Waals surface area contributed by atoms with Crippen molar-refractivity contribution in [1.82, 2.24) is 0 Å². The summed E-state index contributed by atoms with van der Waals surface area (Å²) in [5, 5.41) is 2.98. The highest BCUT2D eigenvalue weighted by atomic mass is 32.2. The van der Waals surface area contributed by atoms with Gasteiger partial charge in [-0.3, -0.25) is 8.98 Å². The van der Waals surface area contributed by atoms with E-state index in [1.54, 1.807) is 36.4 Å². The van der Waals surface area contributed by atoms with Crippen LogP contribution in [-0.2, 0) is 20.8 Å². The van der Waals surface area contributed by atoms with Crippen LogP contribution in [0.1, 0.15) is 22.8 Å². The van der Waals surface area contributed by atoms with Gasteiger partial charge in [0.15, 0.2) is 11.5 Å². The fourth-order valence-corrected chi connectivity index (χ4v) is 3.64. The van der Waals surface area contributed by atoms with Gasteiger partial charge >= 0.3 is 15.6 Å². The van der Waals surface area contributed by atoms with Crippen LogP contribution in [0.4, 0.5) is 23.2 Å². The molecule has 0 amide bonds. The molecule has 0 atom stereocenters. The van der Waals surface area contributed by atoms with Gasteiger partial charge in [-0.2, -0.15) is 21.6 Å². The number of benzene rings is 3. The lowest BCUT2D eigenvalue weighted by molar-refractivity contribution is -0.0547. The van der Waals surface area contributed by atoms with Crippen molar-refractivity contribution >= 4 is 21.6 Å². The summed E-state index contributed by atoms with van der Waals surface area (Å²) in [5.74, 6) is -0.0551. The maximum Gasteiger partial charge on any atom is 0.523 e. The van der Waals surface area contributed by atoms with E-state index in [0.717, 1.165) is 12.1 Å². The Bertz CT molecular complexity index is 1380. The van der Waals surface area contributed by atoms with Crippen LogP contribution in [0.25, 0.3) is 0 Å². The van der Waals surface area contributed by atoms with E-state index in [9.17, 15) is 30.8 Å². The molecule has 0 aliphatic heterocycles. The third-order valence-electron chi connectivity index (χ3n) is 5.00. The number of halogens is 4. The molecule has 1 N–H and O–H groups in total. The van der Waals surface area contributed by atoms with Crippen LogP contribution in [0.15, 0.2) is 60.7 Å². The molecule has 0 radical (unpaired) electrons. The Kier molecular flexibility index (Phi) is 9.17. The number of alkyl halides is 3. The van der Waals surface area contributed by atoms with Crippen LogP contribution in [0.5, 0.6) is 23.0 Å². The number of carbonyl (C=O) groups is 1. The second-order valence-corrected chi connectivity index (χ2v) is 9.31. The lowest BCUT2D eigenvalue weighted by Crippen LogP contribution is -2.27. The first kappa shape index (κ1) is 28.7. The molecule has 0 saturated heterocycles. The third-order valence-corrected chi connectivity index (χ3v) is 6.04. The van der Waals surface area contributed by atoms with E-state index < -0.39 is 40.4 Å². The zero-order valence-electron chi connectivity index (χ0n) is 20.2. The first-order valence-corrected chi connectivity index (χ1v) is 12.4. The molecule has 38 heavy (non-hydrogen) atoms. The molecule has 0 spiro atoms. The molecule has 3 aromatic carbocycles. The van der Waals surface area contributed by atoms with Gasteiger partial charge in [0.05, 0.1) is 18.4 Å². The number of ether oxygens (including phenoxy) is 3. The molecular formula is C25H23F4NO7S. The summed E-state index contributed by atoms with van der Waals surface area (Å²) < 4.78 is 94.2. The number of ketones is 1. The number of nitrogens with one attached hydrogen (secondary N) is 1. The monoisotopic (exact) mass is 557 g/mol. The minimum Gasteiger partial charge on any atom is -0.497 e. The zero-order chi connectivity index (χ0) is 27.9. The van der Waals surface area contributed by atoms with Crippen LogP contribution in [-0.4, -0.2) is 40.0 Å². The Morgan fingerprint density at radius 2 is 1.68 bits per heavy atom. The maximum absolute atomic E-state index is 14.4. The van der Waals surface area contributed by atoms with E-state index in [1.165, 1.54) is 26.2 Å². The van der Waals surface area contributed by atoms with Gasteiger partial charge in [0.1, 0.15) is 36.3 Å². The van der Waals surface area contributed by atoms with Gasteiger partial charge in [0.25, 0.3) is 0 Å². The fourth-order valence-electron chi connectivity index (χ4n) is 3.22. The standard InChI is InChI=1S/C25H23F4NO7S/c1-16(31)21-13-18(26)14-22(24(21)37-19-6-4-3-5-7-19)30-15-17-12-20(34-2)8-9-23(17)35-10-11-36-38(32,33)25(27,28)29/h3-9,12-14,30H,10-11,15H2,1-2H3. The Morgan fingerprint density at radius 3 is 2.32 bits per heavy atom. The number of Topliss-reactive ketones (excluding diaryl/α,β-unsaturated/α-hetero) is 1. The van der Waals surface area contributed by atoms with E-state index in [4.69, 9.17) is 14.2 Å². The average molecular weight is 558 g/mol. The van der Waals surface area contributed by atoms with Crippen molar-refractivity contribution in [1.29, 1.82) is 0 Å². The highest BCUT2D eigenvalue weighted by Crippen LogP contribution is 2.36. The molecule has 8 nitrogen and oxygen atoms in total. The van der Waals surface area contributed by atoms with Crippen molar-refractivity contribution in [3.8, 4) is 23.0 Å². The van der Waals surface area contributed by atoms with Crippen LogP contribution >= 0.6 is 0 Å². The number of anilines is 1. The van der Waals surface area contributed by atoms with E-state index >= 15 is 0 Å². The lowest BCUT2D eigenvalue weighted by Gasteiger charge is -2.18. The smallest absolute Gasteiger partial charge is 0.497 e. The SMILES string of the molecule is COc1ccc(OCCOS(=O)(=O)C(F)(F)F)c(CNc2cc(F)cc(C(C)=O)c2Oc2ccccc2)c1. The molecule has 0 heterocycles. The van der Waals surface area contributed by atoms with E-state index in [-0.39, 0.29) is 29.3 Å². The van der Waals surface area contributed by atoms with Crippen LogP contribution < -0.4 is 19.5 Å². The molecular weight excluding hydrogens is 534 g/mol. The summed E-state index contributed by atoms with van der Waals surface area (Å²) in [6.45, 7) is -0.168. The summed E-state index contributed by atoms with van der Waals surface area (Å²) in [6.07, 6.45) is 0. The molecule has 0 fully saturated rings. The first-order chi connectivity index (χ1) is 17.9. The Balaban J connectivity index is 1.83. The number of para-hydroxylation sites is 1. The van der Waals surface area contributed by atoms with E-state index in [1.807, 2.05) is 0 Å². The number of rotatable bonds is 12. The predicted molar refractivity (Wildman–Crippen MR) is 130 cm³/mol. The van der Waals surface area contributed by atoms with Gasteiger partial charge in [-0.1, -0.05) is 18.2 Å². The van der Waals surface area contributed by atoms with Crippen molar-refractivity contribution in [2.75, 3.05) is 25.6 Å². The molecule has 3 aromatic rings. The predicted octanol–water partition coefficient (Wildman–Crippen LogP) is 5.69. The molecule has 0 aromatic heterocycles. The van der Waals surface area contributed by atoms with Gasteiger partial charge in [0, 0.05) is 18.2 Å². The van der Waals surface area contributed by atoms with Crippen LogP contribution in [0, 0.1) is 5.82 Å². The molecule has 3 rings (SSSR count). The van der Waals surface area contributed by atoms with Crippen molar-refractivity contribution in [3.05, 3.63) is 77.6 Å².